The van der Waals surface area contributed by atoms with Crippen LogP contribution in [0.2, 0.25) is 0 Å². The second-order valence-electron chi connectivity index (χ2n) is 7.40. The van der Waals surface area contributed by atoms with Gasteiger partial charge in [0.2, 0.25) is 11.8 Å². The lowest BCUT2D eigenvalue weighted by Gasteiger charge is -2.26. The van der Waals surface area contributed by atoms with Crippen LogP contribution in [0.1, 0.15) is 45.6 Å². The van der Waals surface area contributed by atoms with Crippen molar-refractivity contribution in [3.05, 3.63) is 29.8 Å². The summed E-state index contributed by atoms with van der Waals surface area (Å²) in [5, 5.41) is 0. The van der Waals surface area contributed by atoms with Crippen molar-refractivity contribution in [3.63, 3.8) is 0 Å². The molecule has 5 heteroatoms. The van der Waals surface area contributed by atoms with Crippen molar-refractivity contribution in [3.8, 4) is 5.75 Å². The minimum absolute atomic E-state index is 0.00862. The van der Waals surface area contributed by atoms with Crippen LogP contribution in [0.15, 0.2) is 24.3 Å². The van der Waals surface area contributed by atoms with Gasteiger partial charge in [0.15, 0.2) is 0 Å². The summed E-state index contributed by atoms with van der Waals surface area (Å²) in [6, 6.07) is 7.88. The Morgan fingerprint density at radius 3 is 2.50 bits per heavy atom. The highest BCUT2D eigenvalue weighted by molar-refractivity contribution is 5.83. The molecule has 0 N–H and O–H groups in total. The molecule has 144 valence electrons. The summed E-state index contributed by atoms with van der Waals surface area (Å²) in [7, 11) is 1.64. The minimum atomic E-state index is -0.196. The smallest absolute Gasteiger partial charge is 0.228 e. The van der Waals surface area contributed by atoms with Gasteiger partial charge in [0.25, 0.3) is 0 Å². The van der Waals surface area contributed by atoms with Crippen LogP contribution in [-0.4, -0.2) is 54.9 Å². The molecule has 0 spiro atoms. The molecule has 0 bridgehead atoms. The fraction of sp³-hybridized carbons (Fsp3) is 0.619. The van der Waals surface area contributed by atoms with Crippen LogP contribution in [0, 0.1) is 11.8 Å². The fourth-order valence-corrected chi connectivity index (χ4v) is 3.72. The first-order valence-electron chi connectivity index (χ1n) is 9.61. The van der Waals surface area contributed by atoms with Gasteiger partial charge in [-0.05, 0) is 37.5 Å². The van der Waals surface area contributed by atoms with E-state index in [9.17, 15) is 9.59 Å². The van der Waals surface area contributed by atoms with Gasteiger partial charge >= 0.3 is 0 Å². The number of ether oxygens (including phenoxy) is 1. The van der Waals surface area contributed by atoms with Gasteiger partial charge in [-0.3, -0.25) is 9.59 Å². The standard InChI is InChI=1S/C21H32N2O3/c1-6-22(7-2)21(25)19-14-23(20(24)11-15(3)4)13-18(19)16-9-8-10-17(12-16)26-5/h8-10,12,15,18-19H,6-7,11,13-14H2,1-5H3/t18-,19+/m1/s1. The molecule has 1 heterocycles. The van der Waals surface area contributed by atoms with Crippen molar-refractivity contribution in [1.82, 2.24) is 9.80 Å². The predicted molar refractivity (Wildman–Crippen MR) is 103 cm³/mol. The normalized spacial score (nSPS) is 19.7. The molecule has 5 nitrogen and oxygen atoms in total. The Balaban J connectivity index is 2.30. The lowest BCUT2D eigenvalue weighted by atomic mass is 9.88. The number of hydrogen-bond acceptors (Lipinski definition) is 3. The minimum Gasteiger partial charge on any atom is -0.497 e. The van der Waals surface area contributed by atoms with Crippen LogP contribution in [0.5, 0.6) is 5.75 Å². The topological polar surface area (TPSA) is 49.9 Å². The Hall–Kier alpha value is -2.04. The highest BCUT2D eigenvalue weighted by Crippen LogP contribution is 2.36. The van der Waals surface area contributed by atoms with E-state index in [4.69, 9.17) is 4.74 Å². The van der Waals surface area contributed by atoms with Crippen molar-refractivity contribution in [2.45, 2.75) is 40.0 Å². The Labute approximate surface area is 157 Å². The summed E-state index contributed by atoms with van der Waals surface area (Å²) >= 11 is 0. The zero-order valence-corrected chi connectivity index (χ0v) is 16.7. The van der Waals surface area contributed by atoms with Gasteiger partial charge in [0.1, 0.15) is 5.75 Å². The summed E-state index contributed by atoms with van der Waals surface area (Å²) in [6.07, 6.45) is 0.525. The molecule has 2 atom stereocenters. The molecule has 0 aliphatic carbocycles. The zero-order valence-electron chi connectivity index (χ0n) is 16.7. The van der Waals surface area contributed by atoms with Crippen LogP contribution in [-0.2, 0) is 9.59 Å². The van der Waals surface area contributed by atoms with E-state index < -0.39 is 0 Å². The molecule has 1 saturated heterocycles. The van der Waals surface area contributed by atoms with Gasteiger partial charge in [0.05, 0.1) is 13.0 Å². The van der Waals surface area contributed by atoms with Crippen LogP contribution < -0.4 is 4.74 Å². The summed E-state index contributed by atoms with van der Waals surface area (Å²) in [5.74, 6) is 1.19. The molecule has 1 fully saturated rings. The fourth-order valence-electron chi connectivity index (χ4n) is 3.72. The highest BCUT2D eigenvalue weighted by Gasteiger charge is 2.41. The van der Waals surface area contributed by atoms with E-state index in [1.54, 1.807) is 7.11 Å². The first-order chi connectivity index (χ1) is 12.4. The molecule has 0 radical (unpaired) electrons. The van der Waals surface area contributed by atoms with Crippen LogP contribution in [0.3, 0.4) is 0 Å². The predicted octanol–water partition coefficient (Wildman–Crippen LogP) is 3.15. The molecule has 26 heavy (non-hydrogen) atoms. The van der Waals surface area contributed by atoms with Crippen LogP contribution in [0.4, 0.5) is 0 Å². The third kappa shape index (κ3) is 4.57. The molecule has 1 aliphatic heterocycles. The average molecular weight is 360 g/mol. The quantitative estimate of drug-likeness (QED) is 0.750. The second kappa shape index (κ2) is 9.06. The largest absolute Gasteiger partial charge is 0.497 e. The zero-order chi connectivity index (χ0) is 19.3. The van der Waals surface area contributed by atoms with E-state index >= 15 is 0 Å². The van der Waals surface area contributed by atoms with E-state index in [0.717, 1.165) is 11.3 Å². The van der Waals surface area contributed by atoms with Crippen molar-refractivity contribution in [1.29, 1.82) is 0 Å². The van der Waals surface area contributed by atoms with Crippen LogP contribution in [0.25, 0.3) is 0 Å². The number of methoxy groups -OCH3 is 1. The van der Waals surface area contributed by atoms with E-state index in [2.05, 4.69) is 0 Å². The molecule has 2 rings (SSSR count). The van der Waals surface area contributed by atoms with Gasteiger partial charge in [-0.1, -0.05) is 26.0 Å². The van der Waals surface area contributed by atoms with Gasteiger partial charge in [0, 0.05) is 38.5 Å². The van der Waals surface area contributed by atoms with Crippen molar-refractivity contribution in [2.75, 3.05) is 33.3 Å². The maximum Gasteiger partial charge on any atom is 0.228 e. The van der Waals surface area contributed by atoms with E-state index in [1.165, 1.54) is 0 Å². The molecule has 1 aromatic rings. The van der Waals surface area contributed by atoms with Gasteiger partial charge in [-0.2, -0.15) is 0 Å². The number of nitrogens with zero attached hydrogens (tertiary/aromatic N) is 2. The van der Waals surface area contributed by atoms with E-state index in [1.807, 2.05) is 61.8 Å². The number of benzene rings is 1. The number of amides is 2. The van der Waals surface area contributed by atoms with E-state index in [-0.39, 0.29) is 23.7 Å². The first kappa shape index (κ1) is 20.3. The Morgan fingerprint density at radius 1 is 1.23 bits per heavy atom. The molecule has 0 saturated carbocycles. The summed E-state index contributed by atoms with van der Waals surface area (Å²) in [6.45, 7) is 10.6. The first-order valence-corrected chi connectivity index (χ1v) is 9.61. The second-order valence-corrected chi connectivity index (χ2v) is 7.40. The van der Waals surface area contributed by atoms with E-state index in [0.29, 0.717) is 38.5 Å². The summed E-state index contributed by atoms with van der Waals surface area (Å²) in [4.78, 5) is 29.4. The number of likely N-dealkylation sites (tertiary alicyclic amines) is 1. The molecule has 1 aliphatic rings. The molecule has 2 amide bonds. The molecule has 0 aromatic heterocycles. The molecule has 0 unspecified atom stereocenters. The van der Waals surface area contributed by atoms with Gasteiger partial charge in [-0.25, -0.2) is 0 Å². The average Bonchev–Trinajstić information content (AvgIpc) is 3.07. The number of carbonyl (C=O) groups excluding carboxylic acids is 2. The summed E-state index contributed by atoms with van der Waals surface area (Å²) in [5.41, 5.74) is 1.06. The summed E-state index contributed by atoms with van der Waals surface area (Å²) < 4.78 is 5.35. The third-order valence-corrected chi connectivity index (χ3v) is 5.17. The van der Waals surface area contributed by atoms with Crippen molar-refractivity contribution < 1.29 is 14.3 Å². The number of carbonyl (C=O) groups is 2. The Bertz CT molecular complexity index is 625. The molecular weight excluding hydrogens is 328 g/mol. The highest BCUT2D eigenvalue weighted by atomic mass is 16.5. The number of rotatable bonds is 7. The molecule has 1 aromatic carbocycles. The monoisotopic (exact) mass is 360 g/mol. The number of hydrogen-bond donors (Lipinski definition) is 0. The van der Waals surface area contributed by atoms with Crippen molar-refractivity contribution in [2.24, 2.45) is 11.8 Å². The maximum absolute atomic E-state index is 13.1. The lowest BCUT2D eigenvalue weighted by Crippen LogP contribution is -2.39. The maximum atomic E-state index is 13.1. The Morgan fingerprint density at radius 2 is 1.92 bits per heavy atom. The van der Waals surface area contributed by atoms with Crippen LogP contribution >= 0.6 is 0 Å². The Kier molecular flexibility index (Phi) is 7.06. The van der Waals surface area contributed by atoms with Gasteiger partial charge in [-0.15, -0.1) is 0 Å². The SMILES string of the molecule is CCN(CC)C(=O)[C@H]1CN(C(=O)CC(C)C)C[C@@H]1c1cccc(OC)c1. The molecular formula is C21H32N2O3. The van der Waals surface area contributed by atoms with Crippen molar-refractivity contribution >= 4 is 11.8 Å². The van der Waals surface area contributed by atoms with Gasteiger partial charge < -0.3 is 14.5 Å². The lowest BCUT2D eigenvalue weighted by molar-refractivity contribution is -0.135. The third-order valence-electron chi connectivity index (χ3n) is 5.17.